The molecule has 0 radical (unpaired) electrons. The highest BCUT2D eigenvalue weighted by atomic mass is 79.9. The summed E-state index contributed by atoms with van der Waals surface area (Å²) in [5, 5.41) is 0. The number of methoxy groups -OCH3 is 1. The van der Waals surface area contributed by atoms with Crippen molar-refractivity contribution in [2.24, 2.45) is 0 Å². The topological polar surface area (TPSA) is 37.9 Å². The van der Waals surface area contributed by atoms with E-state index in [1.165, 1.54) is 0 Å². The Kier molecular flexibility index (Phi) is 4.59. The molecule has 0 unspecified atom stereocenters. The van der Waals surface area contributed by atoms with Gasteiger partial charge in [-0.25, -0.2) is 4.98 Å². The molecular formula is C22H17BrN2O. The molecule has 0 aliphatic heterocycles. The van der Waals surface area contributed by atoms with Gasteiger partial charge in [-0.3, -0.25) is 0 Å². The predicted molar refractivity (Wildman–Crippen MR) is 109 cm³/mol. The fourth-order valence-electron chi connectivity index (χ4n) is 2.98. The van der Waals surface area contributed by atoms with Crippen LogP contribution < -0.4 is 4.74 Å². The Hall–Kier alpha value is -2.85. The highest BCUT2D eigenvalue weighted by Gasteiger charge is 2.17. The Morgan fingerprint density at radius 3 is 2.15 bits per heavy atom. The number of rotatable bonds is 4. The minimum Gasteiger partial charge on any atom is -0.496 e. The zero-order valence-corrected chi connectivity index (χ0v) is 15.8. The van der Waals surface area contributed by atoms with Crippen LogP contribution in [0.2, 0.25) is 0 Å². The maximum Gasteiger partial charge on any atom is 0.142 e. The molecule has 3 nitrogen and oxygen atoms in total. The highest BCUT2D eigenvalue weighted by Crippen LogP contribution is 2.36. The van der Waals surface area contributed by atoms with E-state index in [2.05, 4.69) is 45.2 Å². The molecule has 0 bridgehead atoms. The molecule has 128 valence electrons. The van der Waals surface area contributed by atoms with Gasteiger partial charge in [0.2, 0.25) is 0 Å². The smallest absolute Gasteiger partial charge is 0.142 e. The lowest BCUT2D eigenvalue weighted by atomic mass is 10.1. The van der Waals surface area contributed by atoms with Crippen molar-refractivity contribution in [1.29, 1.82) is 0 Å². The van der Waals surface area contributed by atoms with Crippen molar-refractivity contribution in [3.8, 4) is 39.7 Å². The van der Waals surface area contributed by atoms with Crippen LogP contribution in [-0.4, -0.2) is 17.1 Å². The van der Waals surface area contributed by atoms with Crippen LogP contribution in [0.1, 0.15) is 0 Å². The Morgan fingerprint density at radius 1 is 0.846 bits per heavy atom. The van der Waals surface area contributed by atoms with Crippen molar-refractivity contribution in [1.82, 2.24) is 9.97 Å². The first-order valence-corrected chi connectivity index (χ1v) is 9.10. The first-order valence-electron chi connectivity index (χ1n) is 8.31. The summed E-state index contributed by atoms with van der Waals surface area (Å²) in [7, 11) is 1.67. The SMILES string of the molecule is COc1ccc(Br)cc1-c1nc(-c2ccccc2)c(-c2ccccc2)[nH]1. The molecule has 1 heterocycles. The minimum atomic E-state index is 0.779. The second-order valence-corrected chi connectivity index (χ2v) is 6.80. The zero-order chi connectivity index (χ0) is 17.9. The third kappa shape index (κ3) is 3.16. The largest absolute Gasteiger partial charge is 0.496 e. The highest BCUT2D eigenvalue weighted by molar-refractivity contribution is 9.10. The van der Waals surface area contributed by atoms with E-state index in [0.29, 0.717) is 0 Å². The quantitative estimate of drug-likeness (QED) is 0.440. The first-order chi connectivity index (χ1) is 12.8. The van der Waals surface area contributed by atoms with E-state index < -0.39 is 0 Å². The van der Waals surface area contributed by atoms with Crippen molar-refractivity contribution < 1.29 is 4.74 Å². The number of hydrogen-bond acceptors (Lipinski definition) is 2. The molecule has 1 N–H and O–H groups in total. The van der Waals surface area contributed by atoms with Gasteiger partial charge in [0.1, 0.15) is 11.6 Å². The normalized spacial score (nSPS) is 10.7. The molecule has 1 aromatic heterocycles. The van der Waals surface area contributed by atoms with E-state index in [0.717, 1.165) is 44.1 Å². The van der Waals surface area contributed by atoms with Gasteiger partial charge in [-0.1, -0.05) is 76.6 Å². The van der Waals surface area contributed by atoms with Gasteiger partial charge >= 0.3 is 0 Å². The molecule has 3 aromatic carbocycles. The van der Waals surface area contributed by atoms with Gasteiger partial charge in [-0.15, -0.1) is 0 Å². The first kappa shape index (κ1) is 16.6. The van der Waals surface area contributed by atoms with Crippen LogP contribution in [0, 0.1) is 0 Å². The summed E-state index contributed by atoms with van der Waals surface area (Å²) in [6, 6.07) is 26.4. The fraction of sp³-hybridized carbons (Fsp3) is 0.0455. The number of aromatic amines is 1. The summed E-state index contributed by atoms with van der Waals surface area (Å²) in [4.78, 5) is 8.42. The second kappa shape index (κ2) is 7.18. The maximum atomic E-state index is 5.53. The molecule has 0 fully saturated rings. The molecule has 0 spiro atoms. The lowest BCUT2D eigenvalue weighted by molar-refractivity contribution is 0.416. The number of ether oxygens (including phenoxy) is 1. The molecule has 4 rings (SSSR count). The van der Waals surface area contributed by atoms with Gasteiger partial charge < -0.3 is 9.72 Å². The fourth-order valence-corrected chi connectivity index (χ4v) is 3.35. The van der Waals surface area contributed by atoms with Crippen LogP contribution >= 0.6 is 15.9 Å². The van der Waals surface area contributed by atoms with Crippen LogP contribution in [-0.2, 0) is 0 Å². The Balaban J connectivity index is 1.94. The predicted octanol–water partition coefficient (Wildman–Crippen LogP) is 6.18. The molecule has 0 aliphatic carbocycles. The van der Waals surface area contributed by atoms with Crippen molar-refractivity contribution in [3.05, 3.63) is 83.3 Å². The molecule has 0 aliphatic rings. The summed E-state index contributed by atoms with van der Waals surface area (Å²) in [5.41, 5.74) is 5.01. The number of nitrogens with one attached hydrogen (secondary N) is 1. The van der Waals surface area contributed by atoms with Gasteiger partial charge in [0, 0.05) is 15.6 Å². The van der Waals surface area contributed by atoms with Crippen LogP contribution in [0.25, 0.3) is 33.9 Å². The molecule has 0 amide bonds. The van der Waals surface area contributed by atoms with Gasteiger partial charge in [-0.05, 0) is 18.2 Å². The molecular weight excluding hydrogens is 388 g/mol. The molecule has 4 heteroatoms. The lowest BCUT2D eigenvalue weighted by Gasteiger charge is -2.06. The second-order valence-electron chi connectivity index (χ2n) is 5.89. The summed E-state index contributed by atoms with van der Waals surface area (Å²) < 4.78 is 6.51. The third-order valence-electron chi connectivity index (χ3n) is 4.23. The van der Waals surface area contributed by atoms with Crippen LogP contribution in [0.15, 0.2) is 83.3 Å². The van der Waals surface area contributed by atoms with E-state index in [1.807, 2.05) is 54.6 Å². The van der Waals surface area contributed by atoms with E-state index >= 15 is 0 Å². The van der Waals surface area contributed by atoms with E-state index in [9.17, 15) is 0 Å². The average molecular weight is 405 g/mol. The van der Waals surface area contributed by atoms with E-state index in [1.54, 1.807) is 7.11 Å². The van der Waals surface area contributed by atoms with Crippen LogP contribution in [0.4, 0.5) is 0 Å². The van der Waals surface area contributed by atoms with Crippen molar-refractivity contribution in [2.75, 3.05) is 7.11 Å². The van der Waals surface area contributed by atoms with Crippen molar-refractivity contribution in [2.45, 2.75) is 0 Å². The summed E-state index contributed by atoms with van der Waals surface area (Å²) in [5.74, 6) is 1.56. The number of benzene rings is 3. The molecule has 26 heavy (non-hydrogen) atoms. The molecule has 0 saturated carbocycles. The van der Waals surface area contributed by atoms with Gasteiger partial charge in [-0.2, -0.15) is 0 Å². The lowest BCUT2D eigenvalue weighted by Crippen LogP contribution is -1.89. The zero-order valence-electron chi connectivity index (χ0n) is 14.2. The van der Waals surface area contributed by atoms with Gasteiger partial charge in [0.25, 0.3) is 0 Å². The Labute approximate surface area is 160 Å². The molecule has 0 atom stereocenters. The van der Waals surface area contributed by atoms with Crippen LogP contribution in [0.5, 0.6) is 5.75 Å². The number of halogens is 1. The third-order valence-corrected chi connectivity index (χ3v) is 4.72. The van der Waals surface area contributed by atoms with Gasteiger partial charge in [0.05, 0.1) is 24.1 Å². The average Bonchev–Trinajstić information content (AvgIpc) is 3.15. The minimum absolute atomic E-state index is 0.779. The Morgan fingerprint density at radius 2 is 1.50 bits per heavy atom. The Bertz CT molecular complexity index is 970. The monoisotopic (exact) mass is 404 g/mol. The number of hydrogen-bond donors (Lipinski definition) is 1. The van der Waals surface area contributed by atoms with E-state index in [4.69, 9.17) is 9.72 Å². The molecule has 4 aromatic rings. The summed E-state index contributed by atoms with van der Waals surface area (Å²) in [6.45, 7) is 0. The summed E-state index contributed by atoms with van der Waals surface area (Å²) >= 11 is 3.54. The van der Waals surface area contributed by atoms with Crippen molar-refractivity contribution in [3.63, 3.8) is 0 Å². The van der Waals surface area contributed by atoms with Crippen molar-refractivity contribution >= 4 is 15.9 Å². The maximum absolute atomic E-state index is 5.53. The number of H-pyrrole nitrogens is 1. The van der Waals surface area contributed by atoms with Gasteiger partial charge in [0.15, 0.2) is 0 Å². The number of nitrogens with zero attached hydrogens (tertiary/aromatic N) is 1. The number of aromatic nitrogens is 2. The van der Waals surface area contributed by atoms with Crippen LogP contribution in [0.3, 0.4) is 0 Å². The summed E-state index contributed by atoms with van der Waals surface area (Å²) in [6.07, 6.45) is 0. The standard InChI is InChI=1S/C22H17BrN2O/c1-26-19-13-12-17(23)14-18(19)22-24-20(15-8-4-2-5-9-15)21(25-22)16-10-6-3-7-11-16/h2-14H,1H3,(H,24,25). The van der Waals surface area contributed by atoms with E-state index in [-0.39, 0.29) is 0 Å². The number of imidazole rings is 1. The molecule has 0 saturated heterocycles.